The van der Waals surface area contributed by atoms with Gasteiger partial charge in [0.15, 0.2) is 0 Å². The second-order valence-corrected chi connectivity index (χ2v) is 3.81. The lowest BCUT2D eigenvalue weighted by atomic mass is 10.1. The minimum Gasteiger partial charge on any atom is -0.480 e. The van der Waals surface area contributed by atoms with Gasteiger partial charge in [0.2, 0.25) is 0 Å². The predicted octanol–water partition coefficient (Wildman–Crippen LogP) is 0.533. The molecule has 1 fully saturated rings. The summed E-state index contributed by atoms with van der Waals surface area (Å²) in [4.78, 5) is 13.1. The molecule has 1 atom stereocenters. The highest BCUT2D eigenvalue weighted by Crippen LogP contribution is 2.11. The van der Waals surface area contributed by atoms with Crippen molar-refractivity contribution >= 4 is 5.97 Å². The van der Waals surface area contributed by atoms with Crippen molar-refractivity contribution in [1.29, 1.82) is 0 Å². The topological polar surface area (TPSA) is 52.6 Å². The molecule has 0 saturated carbocycles. The van der Waals surface area contributed by atoms with E-state index in [9.17, 15) is 4.79 Å². The zero-order chi connectivity index (χ0) is 10.6. The molecule has 1 aliphatic rings. The van der Waals surface area contributed by atoms with Gasteiger partial charge in [0, 0.05) is 25.7 Å². The van der Waals surface area contributed by atoms with Gasteiger partial charge in [-0.2, -0.15) is 0 Å². The van der Waals surface area contributed by atoms with E-state index in [4.69, 9.17) is 5.11 Å². The highest BCUT2D eigenvalue weighted by atomic mass is 16.4. The Bertz CT molecular complexity index is 193. The lowest BCUT2D eigenvalue weighted by molar-refractivity contribution is -0.140. The molecule has 1 saturated heterocycles. The largest absolute Gasteiger partial charge is 0.480 e. The molecule has 0 amide bonds. The number of rotatable bonds is 4. The Hall–Kier alpha value is -0.610. The summed E-state index contributed by atoms with van der Waals surface area (Å²) < 4.78 is 0. The third-order valence-corrected chi connectivity index (χ3v) is 2.96. The fourth-order valence-corrected chi connectivity index (χ4v) is 2.07. The third kappa shape index (κ3) is 2.69. The number of carboxylic acids is 1. The van der Waals surface area contributed by atoms with Crippen LogP contribution in [0.5, 0.6) is 0 Å². The number of piperazine rings is 1. The highest BCUT2D eigenvalue weighted by Gasteiger charge is 2.27. The van der Waals surface area contributed by atoms with Crippen LogP contribution in [0.25, 0.3) is 0 Å². The van der Waals surface area contributed by atoms with Gasteiger partial charge in [-0.1, -0.05) is 13.8 Å². The summed E-state index contributed by atoms with van der Waals surface area (Å²) in [5, 5.41) is 11.9. The molecule has 1 rings (SSSR count). The number of hydrogen-bond acceptors (Lipinski definition) is 3. The molecule has 1 heterocycles. The summed E-state index contributed by atoms with van der Waals surface area (Å²) in [7, 11) is 0. The summed E-state index contributed by atoms with van der Waals surface area (Å²) in [5.74, 6) is -0.736. The molecule has 0 spiro atoms. The second kappa shape index (κ2) is 5.32. The van der Waals surface area contributed by atoms with E-state index in [-0.39, 0.29) is 6.04 Å². The van der Waals surface area contributed by atoms with Crippen LogP contribution >= 0.6 is 0 Å². The molecule has 0 radical (unpaired) electrons. The predicted molar refractivity (Wildman–Crippen MR) is 55.4 cm³/mol. The Labute approximate surface area is 85.3 Å². The van der Waals surface area contributed by atoms with Gasteiger partial charge in [0.25, 0.3) is 0 Å². The van der Waals surface area contributed by atoms with Gasteiger partial charge in [-0.25, -0.2) is 0 Å². The number of carboxylic acid groups (broad SMARTS) is 1. The van der Waals surface area contributed by atoms with Crippen molar-refractivity contribution in [3.63, 3.8) is 0 Å². The molecule has 82 valence electrons. The number of nitrogens with zero attached hydrogens (tertiary/aromatic N) is 1. The molecule has 0 bridgehead atoms. The van der Waals surface area contributed by atoms with Gasteiger partial charge in [0.1, 0.15) is 6.04 Å². The third-order valence-electron chi connectivity index (χ3n) is 2.96. The molecule has 1 unspecified atom stereocenters. The summed E-state index contributed by atoms with van der Waals surface area (Å²) in [6.07, 6.45) is 2.20. The zero-order valence-corrected chi connectivity index (χ0v) is 8.99. The van der Waals surface area contributed by atoms with E-state index in [0.717, 1.165) is 25.9 Å². The molecule has 14 heavy (non-hydrogen) atoms. The van der Waals surface area contributed by atoms with E-state index in [1.54, 1.807) is 0 Å². The molecule has 0 aromatic carbocycles. The van der Waals surface area contributed by atoms with Gasteiger partial charge in [-0.3, -0.25) is 9.69 Å². The first-order valence-electron chi connectivity index (χ1n) is 5.39. The maximum Gasteiger partial charge on any atom is 0.322 e. The van der Waals surface area contributed by atoms with Crippen LogP contribution < -0.4 is 5.32 Å². The molecule has 1 aliphatic heterocycles. The summed E-state index contributed by atoms with van der Waals surface area (Å²) in [6.45, 7) is 6.71. The molecule has 0 aromatic rings. The first kappa shape index (κ1) is 11.5. The molecule has 4 heteroatoms. The monoisotopic (exact) mass is 200 g/mol. The van der Waals surface area contributed by atoms with Gasteiger partial charge in [-0.05, 0) is 12.8 Å². The van der Waals surface area contributed by atoms with Crippen LogP contribution in [0, 0.1) is 0 Å². The Morgan fingerprint density at radius 1 is 1.57 bits per heavy atom. The summed E-state index contributed by atoms with van der Waals surface area (Å²) in [6, 6.07) is 0.156. The Balaban J connectivity index is 2.50. The minimum absolute atomic E-state index is 0.385. The van der Waals surface area contributed by atoms with Crippen molar-refractivity contribution < 1.29 is 9.90 Å². The molecule has 4 nitrogen and oxygen atoms in total. The minimum atomic E-state index is -0.736. The second-order valence-electron chi connectivity index (χ2n) is 3.81. The Morgan fingerprint density at radius 3 is 2.71 bits per heavy atom. The highest BCUT2D eigenvalue weighted by molar-refractivity contribution is 5.73. The molecular formula is C10H20N2O2. The average Bonchev–Trinajstić information content (AvgIpc) is 2.20. The number of carbonyl (C=O) groups is 1. The fourth-order valence-electron chi connectivity index (χ4n) is 2.07. The smallest absolute Gasteiger partial charge is 0.322 e. The number of hydrogen-bond donors (Lipinski definition) is 2. The van der Waals surface area contributed by atoms with Crippen LogP contribution in [0.3, 0.4) is 0 Å². The fraction of sp³-hybridized carbons (Fsp3) is 0.900. The number of nitrogens with one attached hydrogen (secondary N) is 1. The summed E-state index contributed by atoms with van der Waals surface area (Å²) >= 11 is 0. The van der Waals surface area contributed by atoms with Gasteiger partial charge >= 0.3 is 5.97 Å². The van der Waals surface area contributed by atoms with Crippen LogP contribution in [-0.4, -0.2) is 47.7 Å². The molecular weight excluding hydrogens is 180 g/mol. The maximum atomic E-state index is 10.8. The van der Waals surface area contributed by atoms with Crippen LogP contribution in [0.2, 0.25) is 0 Å². The van der Waals surface area contributed by atoms with Gasteiger partial charge in [-0.15, -0.1) is 0 Å². The van der Waals surface area contributed by atoms with Gasteiger partial charge < -0.3 is 10.4 Å². The van der Waals surface area contributed by atoms with E-state index in [1.165, 1.54) is 0 Å². The Morgan fingerprint density at radius 2 is 2.21 bits per heavy atom. The van der Waals surface area contributed by atoms with Gasteiger partial charge in [0.05, 0.1) is 0 Å². The van der Waals surface area contributed by atoms with E-state index in [0.29, 0.717) is 12.6 Å². The van der Waals surface area contributed by atoms with Crippen molar-refractivity contribution in [2.45, 2.75) is 38.8 Å². The van der Waals surface area contributed by atoms with Crippen molar-refractivity contribution in [3.8, 4) is 0 Å². The maximum absolute atomic E-state index is 10.8. The quantitative estimate of drug-likeness (QED) is 0.695. The SMILES string of the molecule is CCC(CC)N1CCNC(C(=O)O)C1. The molecule has 0 aromatic heterocycles. The van der Waals surface area contributed by atoms with E-state index >= 15 is 0 Å². The van der Waals surface area contributed by atoms with Crippen LogP contribution in [0.4, 0.5) is 0 Å². The zero-order valence-electron chi connectivity index (χ0n) is 8.99. The van der Waals surface area contributed by atoms with E-state index < -0.39 is 5.97 Å². The number of aliphatic carboxylic acids is 1. The summed E-state index contributed by atoms with van der Waals surface area (Å²) in [5.41, 5.74) is 0. The van der Waals surface area contributed by atoms with E-state index in [1.807, 2.05) is 0 Å². The normalized spacial score (nSPS) is 24.1. The first-order chi connectivity index (χ1) is 6.69. The Kier molecular flexibility index (Phi) is 4.35. The van der Waals surface area contributed by atoms with Crippen molar-refractivity contribution in [2.24, 2.45) is 0 Å². The van der Waals surface area contributed by atoms with Crippen molar-refractivity contribution in [2.75, 3.05) is 19.6 Å². The van der Waals surface area contributed by atoms with Crippen molar-refractivity contribution in [1.82, 2.24) is 10.2 Å². The lowest BCUT2D eigenvalue weighted by Gasteiger charge is -2.36. The van der Waals surface area contributed by atoms with Crippen LogP contribution in [-0.2, 0) is 4.79 Å². The van der Waals surface area contributed by atoms with Crippen molar-refractivity contribution in [3.05, 3.63) is 0 Å². The molecule has 0 aliphatic carbocycles. The van der Waals surface area contributed by atoms with E-state index in [2.05, 4.69) is 24.1 Å². The van der Waals surface area contributed by atoms with Crippen LogP contribution in [0.15, 0.2) is 0 Å². The average molecular weight is 200 g/mol. The standard InChI is InChI=1S/C10H20N2O2/c1-3-8(4-2)12-6-5-11-9(7-12)10(13)14/h8-9,11H,3-7H2,1-2H3,(H,13,14). The van der Waals surface area contributed by atoms with Crippen LogP contribution in [0.1, 0.15) is 26.7 Å². The first-order valence-corrected chi connectivity index (χ1v) is 5.39. The lowest BCUT2D eigenvalue weighted by Crippen LogP contribution is -2.56. The molecule has 2 N–H and O–H groups in total.